The van der Waals surface area contributed by atoms with E-state index >= 15 is 0 Å². The first-order chi connectivity index (χ1) is 15.9. The number of hydrogen-bond donors (Lipinski definition) is 1. The van der Waals surface area contributed by atoms with Gasteiger partial charge in [0.25, 0.3) is 5.91 Å². The van der Waals surface area contributed by atoms with Gasteiger partial charge in [-0.1, -0.05) is 30.7 Å². The summed E-state index contributed by atoms with van der Waals surface area (Å²) < 4.78 is 35.0. The van der Waals surface area contributed by atoms with Crippen LogP contribution in [0.25, 0.3) is 0 Å². The number of carbonyl (C=O) groups is 1. The molecule has 3 aromatic rings. The fraction of sp³-hybridized carbons (Fsp3) is 0.333. The van der Waals surface area contributed by atoms with Crippen molar-refractivity contribution in [3.8, 4) is 5.75 Å². The van der Waals surface area contributed by atoms with Crippen LogP contribution in [-0.4, -0.2) is 48.4 Å². The minimum atomic E-state index is -3.64. The topological polar surface area (TPSA) is 93.5 Å². The van der Waals surface area contributed by atoms with Gasteiger partial charge < -0.3 is 14.6 Å². The molecule has 1 saturated heterocycles. The lowest BCUT2D eigenvalue weighted by Gasteiger charge is -2.26. The predicted molar refractivity (Wildman–Crippen MR) is 125 cm³/mol. The van der Waals surface area contributed by atoms with Gasteiger partial charge in [-0.25, -0.2) is 13.4 Å². The van der Waals surface area contributed by atoms with Crippen LogP contribution in [0.3, 0.4) is 0 Å². The number of rotatable bonds is 7. The fourth-order valence-electron chi connectivity index (χ4n) is 4.11. The number of piperidine rings is 1. The minimum Gasteiger partial charge on any atom is -0.496 e. The number of nitrogens with zero attached hydrogens (tertiary/aromatic N) is 3. The van der Waals surface area contributed by atoms with Gasteiger partial charge in [-0.15, -0.1) is 0 Å². The zero-order chi connectivity index (χ0) is 23.4. The van der Waals surface area contributed by atoms with E-state index in [9.17, 15) is 13.2 Å². The lowest BCUT2D eigenvalue weighted by molar-refractivity contribution is 0.0940. The van der Waals surface area contributed by atoms with Crippen molar-refractivity contribution in [2.45, 2.75) is 30.2 Å². The van der Waals surface area contributed by atoms with Crippen LogP contribution in [-0.2, 0) is 17.1 Å². The van der Waals surface area contributed by atoms with E-state index < -0.39 is 22.0 Å². The number of methoxy groups -OCH3 is 1. The van der Waals surface area contributed by atoms with Crippen LogP contribution in [0.2, 0.25) is 0 Å². The van der Waals surface area contributed by atoms with E-state index in [0.717, 1.165) is 24.8 Å². The molecule has 1 aliphatic rings. The molecule has 174 valence electrons. The lowest BCUT2D eigenvalue weighted by Crippen LogP contribution is -2.36. The summed E-state index contributed by atoms with van der Waals surface area (Å²) in [6.45, 7) is 1.02. The average molecular weight is 469 g/mol. The van der Waals surface area contributed by atoms with E-state index in [1.54, 1.807) is 31.6 Å². The van der Waals surface area contributed by atoms with Gasteiger partial charge in [0.1, 0.15) is 17.6 Å². The molecule has 0 unspecified atom stereocenters. The Morgan fingerprint density at radius 2 is 1.85 bits per heavy atom. The molecule has 0 bridgehead atoms. The van der Waals surface area contributed by atoms with E-state index in [1.165, 1.54) is 16.4 Å². The maximum atomic E-state index is 13.3. The number of imidazole rings is 1. The molecular formula is C24H28N4O4S. The number of hydrogen-bond acceptors (Lipinski definition) is 5. The number of nitrogens with one attached hydrogen (secondary N) is 1. The predicted octanol–water partition coefficient (Wildman–Crippen LogP) is 3.12. The van der Waals surface area contributed by atoms with Crippen molar-refractivity contribution < 1.29 is 17.9 Å². The Morgan fingerprint density at radius 3 is 2.55 bits per heavy atom. The van der Waals surface area contributed by atoms with Crippen LogP contribution in [0.1, 0.15) is 47.1 Å². The highest BCUT2D eigenvalue weighted by atomic mass is 32.2. The number of carbonyl (C=O) groups excluding carboxylic acids is 1. The number of aromatic nitrogens is 2. The summed E-state index contributed by atoms with van der Waals surface area (Å²) in [5, 5.41) is 3.02. The van der Waals surface area contributed by atoms with Crippen molar-refractivity contribution >= 4 is 15.9 Å². The summed E-state index contributed by atoms with van der Waals surface area (Å²) in [5.74, 6) is 0.849. The van der Waals surface area contributed by atoms with Gasteiger partial charge in [0.05, 0.1) is 12.0 Å². The Bertz CT molecular complexity index is 1230. The van der Waals surface area contributed by atoms with Crippen molar-refractivity contribution in [1.82, 2.24) is 19.2 Å². The standard InChI is InChI=1S/C24H28N4O4S/c1-27-16-13-25-23(27)22(20-11-4-5-12-21(20)32-2)26-24(29)18-9-8-10-19(17-18)33(30,31)28-14-6-3-7-15-28/h4-5,8-13,16-17,22H,3,6-7,14-15H2,1-2H3,(H,26,29)/t22-/m1/s1. The van der Waals surface area contributed by atoms with Gasteiger partial charge in [-0.3, -0.25) is 4.79 Å². The first-order valence-corrected chi connectivity index (χ1v) is 12.4. The van der Waals surface area contributed by atoms with Crippen molar-refractivity contribution in [3.05, 3.63) is 77.9 Å². The molecule has 33 heavy (non-hydrogen) atoms. The van der Waals surface area contributed by atoms with Gasteiger partial charge >= 0.3 is 0 Å². The van der Waals surface area contributed by atoms with Crippen LogP contribution in [0.5, 0.6) is 5.75 Å². The Labute approximate surface area is 194 Å². The Kier molecular flexibility index (Phi) is 6.80. The van der Waals surface area contributed by atoms with Crippen LogP contribution < -0.4 is 10.1 Å². The summed E-state index contributed by atoms with van der Waals surface area (Å²) in [6, 6.07) is 13.0. The van der Waals surface area contributed by atoms with Gasteiger partial charge in [0, 0.05) is 43.7 Å². The Hall–Kier alpha value is -3.17. The second-order valence-corrected chi connectivity index (χ2v) is 9.98. The molecule has 0 spiro atoms. The molecule has 1 fully saturated rings. The molecule has 2 heterocycles. The zero-order valence-corrected chi connectivity index (χ0v) is 19.6. The van der Waals surface area contributed by atoms with E-state index in [2.05, 4.69) is 10.3 Å². The highest BCUT2D eigenvalue weighted by molar-refractivity contribution is 7.89. The van der Waals surface area contributed by atoms with E-state index in [1.807, 2.05) is 35.9 Å². The minimum absolute atomic E-state index is 0.128. The van der Waals surface area contributed by atoms with E-state index in [-0.39, 0.29) is 10.5 Å². The summed E-state index contributed by atoms with van der Waals surface area (Å²) in [6.07, 6.45) is 6.20. The van der Waals surface area contributed by atoms with Crippen molar-refractivity contribution in [2.24, 2.45) is 7.05 Å². The fourth-order valence-corrected chi connectivity index (χ4v) is 5.67. The second kappa shape index (κ2) is 9.76. The second-order valence-electron chi connectivity index (χ2n) is 8.04. The highest BCUT2D eigenvalue weighted by Gasteiger charge is 2.28. The molecule has 8 nitrogen and oxygen atoms in total. The van der Waals surface area contributed by atoms with E-state index in [0.29, 0.717) is 24.7 Å². The quantitative estimate of drug-likeness (QED) is 0.575. The largest absolute Gasteiger partial charge is 0.496 e. The molecule has 2 aromatic carbocycles. The number of ether oxygens (including phenoxy) is 1. The number of benzene rings is 2. The van der Waals surface area contributed by atoms with Gasteiger partial charge in [-0.05, 0) is 37.1 Å². The molecule has 9 heteroatoms. The summed E-state index contributed by atoms with van der Waals surface area (Å²) >= 11 is 0. The monoisotopic (exact) mass is 468 g/mol. The molecule has 4 rings (SSSR count). The first-order valence-electron chi connectivity index (χ1n) is 10.9. The molecule has 1 N–H and O–H groups in total. The molecule has 1 aliphatic heterocycles. The summed E-state index contributed by atoms with van der Waals surface area (Å²) in [7, 11) is -0.218. The van der Waals surface area contributed by atoms with Crippen LogP contribution in [0.15, 0.2) is 65.8 Å². The van der Waals surface area contributed by atoms with Gasteiger partial charge in [0.15, 0.2) is 0 Å². The van der Waals surface area contributed by atoms with Crippen molar-refractivity contribution in [1.29, 1.82) is 0 Å². The lowest BCUT2D eigenvalue weighted by atomic mass is 10.0. The zero-order valence-electron chi connectivity index (χ0n) is 18.8. The maximum Gasteiger partial charge on any atom is 0.252 e. The molecule has 0 aliphatic carbocycles. The summed E-state index contributed by atoms with van der Waals surface area (Å²) in [4.78, 5) is 17.8. The highest BCUT2D eigenvalue weighted by Crippen LogP contribution is 2.29. The van der Waals surface area contributed by atoms with Gasteiger partial charge in [-0.2, -0.15) is 4.31 Å². The van der Waals surface area contributed by atoms with Crippen LogP contribution >= 0.6 is 0 Å². The maximum absolute atomic E-state index is 13.3. The first kappa shape index (κ1) is 23.0. The molecule has 0 radical (unpaired) electrons. The van der Waals surface area contributed by atoms with Gasteiger partial charge in [0.2, 0.25) is 10.0 Å². The molecule has 1 aromatic heterocycles. The molecular weight excluding hydrogens is 440 g/mol. The van der Waals surface area contributed by atoms with Crippen molar-refractivity contribution in [3.63, 3.8) is 0 Å². The Morgan fingerprint density at radius 1 is 1.09 bits per heavy atom. The molecule has 0 saturated carbocycles. The summed E-state index contributed by atoms with van der Waals surface area (Å²) in [5.41, 5.74) is 1.02. The molecule has 1 amide bonds. The molecule has 1 atom stereocenters. The number of aryl methyl sites for hydroxylation is 1. The van der Waals surface area contributed by atoms with Crippen LogP contribution in [0.4, 0.5) is 0 Å². The third-order valence-electron chi connectivity index (χ3n) is 5.89. The third-order valence-corrected chi connectivity index (χ3v) is 7.79. The van der Waals surface area contributed by atoms with Crippen molar-refractivity contribution in [2.75, 3.05) is 20.2 Å². The average Bonchev–Trinajstić information content (AvgIpc) is 3.28. The Balaban J connectivity index is 1.65. The number of amides is 1. The van der Waals surface area contributed by atoms with E-state index in [4.69, 9.17) is 4.74 Å². The smallest absolute Gasteiger partial charge is 0.252 e. The third kappa shape index (κ3) is 4.79. The normalized spacial score (nSPS) is 15.7. The number of para-hydroxylation sites is 1. The SMILES string of the molecule is COc1ccccc1[C@@H](NC(=O)c1cccc(S(=O)(=O)N2CCCCC2)c1)c1nccn1C. The number of sulfonamides is 1. The van der Waals surface area contributed by atoms with Crippen LogP contribution in [0, 0.1) is 0 Å².